The molecule has 0 saturated carbocycles. The second-order valence-electron chi connectivity index (χ2n) is 8.37. The van der Waals surface area contributed by atoms with Gasteiger partial charge in [-0.1, -0.05) is 6.08 Å². The molecular formula is C24H24F3N5O2S. The van der Waals surface area contributed by atoms with Crippen molar-refractivity contribution in [1.29, 1.82) is 0 Å². The topological polar surface area (TPSA) is 80.1 Å². The number of nitrogens with one attached hydrogen (secondary N) is 2. The van der Waals surface area contributed by atoms with Crippen LogP contribution in [0.15, 0.2) is 57.7 Å². The second kappa shape index (κ2) is 9.82. The summed E-state index contributed by atoms with van der Waals surface area (Å²) in [5.41, 5.74) is 1.05. The minimum absolute atomic E-state index is 0.0733. The number of anilines is 1. The molecule has 7 nitrogen and oxygen atoms in total. The third-order valence-corrected chi connectivity index (χ3v) is 6.74. The molecule has 1 atom stereocenters. The molecule has 3 aliphatic rings. The van der Waals surface area contributed by atoms with Gasteiger partial charge in [0.1, 0.15) is 22.6 Å². The van der Waals surface area contributed by atoms with E-state index in [1.54, 1.807) is 6.20 Å². The quantitative estimate of drug-likeness (QED) is 0.615. The summed E-state index contributed by atoms with van der Waals surface area (Å²) in [6, 6.07) is 3.45. The van der Waals surface area contributed by atoms with E-state index in [9.17, 15) is 13.2 Å². The summed E-state index contributed by atoms with van der Waals surface area (Å²) in [6.45, 7) is 2.21. The first-order chi connectivity index (χ1) is 16.9. The predicted molar refractivity (Wildman–Crippen MR) is 130 cm³/mol. The Morgan fingerprint density at radius 3 is 2.71 bits per heavy atom. The van der Waals surface area contributed by atoms with Gasteiger partial charge in [-0.15, -0.1) is 11.3 Å². The lowest BCUT2D eigenvalue weighted by Crippen LogP contribution is -2.33. The molecule has 1 saturated heterocycles. The van der Waals surface area contributed by atoms with Crippen molar-refractivity contribution in [2.45, 2.75) is 25.1 Å². The molecule has 184 valence electrons. The average Bonchev–Trinajstić information content (AvgIpc) is 3.38. The molecule has 0 amide bonds. The van der Waals surface area contributed by atoms with E-state index >= 15 is 0 Å². The number of thiazole rings is 1. The molecule has 35 heavy (non-hydrogen) atoms. The highest BCUT2D eigenvalue weighted by atomic mass is 32.1. The highest BCUT2D eigenvalue weighted by Gasteiger charge is 2.32. The fourth-order valence-electron chi connectivity index (χ4n) is 4.16. The van der Waals surface area contributed by atoms with Crippen molar-refractivity contribution in [2.24, 2.45) is 15.9 Å². The summed E-state index contributed by atoms with van der Waals surface area (Å²) >= 11 is 1.54. The number of hydrogen-bond donors (Lipinski definition) is 2. The van der Waals surface area contributed by atoms with Crippen LogP contribution in [0.25, 0.3) is 5.57 Å². The maximum absolute atomic E-state index is 13.3. The molecule has 1 aromatic carbocycles. The fourth-order valence-corrected chi connectivity index (χ4v) is 4.83. The van der Waals surface area contributed by atoms with Crippen LogP contribution in [0.3, 0.4) is 0 Å². The Hall–Kier alpha value is -3.18. The molecule has 2 N–H and O–H groups in total. The van der Waals surface area contributed by atoms with Gasteiger partial charge in [0.2, 0.25) is 5.96 Å². The number of benzene rings is 1. The number of allylic oxidation sites excluding steroid dienone is 2. The summed E-state index contributed by atoms with van der Waals surface area (Å²) in [5.74, 6) is 0.969. The van der Waals surface area contributed by atoms with E-state index in [0.717, 1.165) is 54.4 Å². The molecule has 5 rings (SSSR count). The monoisotopic (exact) mass is 503 g/mol. The van der Waals surface area contributed by atoms with Crippen molar-refractivity contribution in [1.82, 2.24) is 10.3 Å². The largest absolute Gasteiger partial charge is 0.497 e. The Labute approximate surface area is 204 Å². The van der Waals surface area contributed by atoms with E-state index in [2.05, 4.69) is 31.7 Å². The molecule has 1 aromatic heterocycles. The molecule has 0 bridgehead atoms. The van der Waals surface area contributed by atoms with E-state index < -0.39 is 11.7 Å². The molecule has 1 aliphatic carbocycles. The smallest absolute Gasteiger partial charge is 0.416 e. The second-order valence-corrected chi connectivity index (χ2v) is 9.27. The van der Waals surface area contributed by atoms with E-state index in [4.69, 9.17) is 9.47 Å². The van der Waals surface area contributed by atoms with Gasteiger partial charge in [0.15, 0.2) is 0 Å². The minimum Gasteiger partial charge on any atom is -0.497 e. The van der Waals surface area contributed by atoms with Crippen molar-refractivity contribution in [3.05, 3.63) is 58.3 Å². The van der Waals surface area contributed by atoms with E-state index in [1.807, 2.05) is 11.5 Å². The number of fused-ring (bicyclic) bond motifs is 1. The van der Waals surface area contributed by atoms with Crippen LogP contribution in [-0.4, -0.2) is 49.5 Å². The number of guanidine groups is 1. The lowest BCUT2D eigenvalue weighted by molar-refractivity contribution is -0.137. The van der Waals surface area contributed by atoms with Crippen molar-refractivity contribution in [2.75, 3.05) is 32.1 Å². The van der Waals surface area contributed by atoms with Gasteiger partial charge >= 0.3 is 6.18 Å². The number of hydrogen-bond acceptors (Lipinski definition) is 8. The van der Waals surface area contributed by atoms with E-state index in [1.165, 1.54) is 24.5 Å². The van der Waals surface area contributed by atoms with Crippen LogP contribution in [0.2, 0.25) is 0 Å². The maximum atomic E-state index is 13.3. The van der Waals surface area contributed by atoms with Gasteiger partial charge in [-0.25, -0.2) is 9.98 Å². The first-order valence-corrected chi connectivity index (χ1v) is 12.1. The Morgan fingerprint density at radius 2 is 2.00 bits per heavy atom. The summed E-state index contributed by atoms with van der Waals surface area (Å²) in [7, 11) is 1.32. The van der Waals surface area contributed by atoms with Crippen LogP contribution >= 0.6 is 11.3 Å². The first-order valence-electron chi connectivity index (χ1n) is 11.3. The summed E-state index contributed by atoms with van der Waals surface area (Å²) < 4.78 is 51.3. The van der Waals surface area contributed by atoms with Crippen molar-refractivity contribution >= 4 is 34.3 Å². The standard InChI is InChI=1S/C24H24F3N5O2S/c1-33-18-10-15(24(25,26)27)9-16(11-18)31-23-30-13-14-8-19(22-29-6-7-35-22)21(12-20(14)32-23)34-17-2-4-28-5-3-17/h6-12,14,17,28H,2-5,13H2,1H3,(H,30,31). The molecule has 2 aliphatic heterocycles. The molecule has 11 heteroatoms. The van der Waals surface area contributed by atoms with Crippen molar-refractivity contribution < 1.29 is 22.6 Å². The third kappa shape index (κ3) is 5.40. The summed E-state index contributed by atoms with van der Waals surface area (Å²) in [5, 5.41) is 9.04. The maximum Gasteiger partial charge on any atom is 0.416 e. The van der Waals surface area contributed by atoms with Crippen LogP contribution in [0.5, 0.6) is 5.75 Å². The minimum atomic E-state index is -4.50. The van der Waals surface area contributed by atoms with Gasteiger partial charge < -0.3 is 20.1 Å². The Kier molecular flexibility index (Phi) is 6.61. The van der Waals surface area contributed by atoms with E-state index in [0.29, 0.717) is 12.3 Å². The number of ether oxygens (including phenoxy) is 2. The third-order valence-electron chi connectivity index (χ3n) is 5.93. The zero-order valence-corrected chi connectivity index (χ0v) is 19.7. The number of nitrogens with zero attached hydrogens (tertiary/aromatic N) is 3. The molecule has 3 heterocycles. The first kappa shape index (κ1) is 23.6. The molecule has 2 aromatic rings. The van der Waals surface area contributed by atoms with Crippen molar-refractivity contribution in [3.63, 3.8) is 0 Å². The van der Waals surface area contributed by atoms with Crippen molar-refractivity contribution in [3.8, 4) is 5.75 Å². The van der Waals surface area contributed by atoms with Gasteiger partial charge in [-0.05, 0) is 38.1 Å². The van der Waals surface area contributed by atoms with Crippen LogP contribution in [0, 0.1) is 5.92 Å². The molecular weight excluding hydrogens is 479 g/mol. The zero-order valence-electron chi connectivity index (χ0n) is 18.9. The Morgan fingerprint density at radius 1 is 1.17 bits per heavy atom. The number of aromatic nitrogens is 1. The van der Waals surface area contributed by atoms with Crippen LogP contribution in [0.4, 0.5) is 18.9 Å². The Balaban J connectivity index is 1.41. The lowest BCUT2D eigenvalue weighted by Gasteiger charge is -2.29. The predicted octanol–water partition coefficient (Wildman–Crippen LogP) is 4.76. The zero-order chi connectivity index (χ0) is 24.4. The van der Waals surface area contributed by atoms with Gasteiger partial charge in [-0.3, -0.25) is 4.99 Å². The molecule has 0 radical (unpaired) electrons. The van der Waals surface area contributed by atoms with Gasteiger partial charge in [-0.2, -0.15) is 13.2 Å². The highest BCUT2D eigenvalue weighted by molar-refractivity contribution is 7.10. The lowest BCUT2D eigenvalue weighted by atomic mass is 9.92. The van der Waals surface area contributed by atoms with E-state index in [-0.39, 0.29) is 29.4 Å². The summed E-state index contributed by atoms with van der Waals surface area (Å²) in [4.78, 5) is 13.5. The SMILES string of the molecule is COc1cc(NC2=NCC3C=C(c4nccs4)C(OC4CCNCC4)=CC3=N2)cc(C(F)(F)F)c1. The average molecular weight is 504 g/mol. The molecule has 0 spiro atoms. The van der Waals surface area contributed by atoms with Crippen LogP contribution in [0.1, 0.15) is 23.4 Å². The number of rotatable bonds is 5. The van der Waals surface area contributed by atoms with Crippen LogP contribution < -0.4 is 15.4 Å². The van der Waals surface area contributed by atoms with Gasteiger partial charge in [0.25, 0.3) is 0 Å². The fraction of sp³-hybridized carbons (Fsp3) is 0.375. The Bertz CT molecular complexity index is 1200. The molecule has 1 unspecified atom stereocenters. The number of methoxy groups -OCH3 is 1. The summed E-state index contributed by atoms with van der Waals surface area (Å²) in [6.07, 6.45) is 3.15. The number of alkyl halides is 3. The van der Waals surface area contributed by atoms with Gasteiger partial charge in [0.05, 0.1) is 24.9 Å². The number of piperidine rings is 1. The number of halogens is 3. The highest BCUT2D eigenvalue weighted by Crippen LogP contribution is 2.36. The van der Waals surface area contributed by atoms with Crippen LogP contribution in [-0.2, 0) is 10.9 Å². The molecule has 1 fully saturated rings. The number of aliphatic imine (C=N–C) groups is 2. The normalized spacial score (nSPS) is 20.7. The van der Waals surface area contributed by atoms with Gasteiger partial charge in [0, 0.05) is 40.9 Å².